The molecule has 0 saturated carbocycles. The highest BCUT2D eigenvalue weighted by molar-refractivity contribution is 6.09. The van der Waals surface area contributed by atoms with Crippen LogP contribution in [0.2, 0.25) is 0 Å². The summed E-state index contributed by atoms with van der Waals surface area (Å²) in [6, 6.07) is 14.8. The van der Waals surface area contributed by atoms with E-state index >= 15 is 0 Å². The van der Waals surface area contributed by atoms with Crippen LogP contribution in [0.25, 0.3) is 0 Å². The number of ether oxygens (including phenoxy) is 2. The second-order valence-corrected chi connectivity index (χ2v) is 8.41. The highest BCUT2D eigenvalue weighted by Crippen LogP contribution is 2.20. The van der Waals surface area contributed by atoms with E-state index in [4.69, 9.17) is 9.47 Å². The lowest BCUT2D eigenvalue weighted by Gasteiger charge is -2.23. The third-order valence-corrected chi connectivity index (χ3v) is 5.64. The molecule has 0 radical (unpaired) electrons. The topological polar surface area (TPSA) is 76.2 Å². The van der Waals surface area contributed by atoms with Gasteiger partial charge in [0, 0.05) is 46.7 Å². The molecule has 0 aliphatic carbocycles. The Labute approximate surface area is 214 Å². The summed E-state index contributed by atoms with van der Waals surface area (Å²) in [6.07, 6.45) is 0. The largest absolute Gasteiger partial charge is 0.460 e. The fourth-order valence-corrected chi connectivity index (χ4v) is 3.50. The number of nitrogens with zero attached hydrogens (tertiary/aromatic N) is 2. The second-order valence-electron chi connectivity index (χ2n) is 8.41. The first-order chi connectivity index (χ1) is 17.2. The van der Waals surface area contributed by atoms with Crippen molar-refractivity contribution in [2.24, 2.45) is 0 Å². The van der Waals surface area contributed by atoms with Crippen molar-refractivity contribution in [3.8, 4) is 0 Å². The van der Waals surface area contributed by atoms with E-state index in [0.29, 0.717) is 35.4 Å². The summed E-state index contributed by atoms with van der Waals surface area (Å²) in [4.78, 5) is 40.3. The number of likely N-dealkylation sites (N-methyl/N-ethyl adjacent to an activating group) is 2. The van der Waals surface area contributed by atoms with Gasteiger partial charge in [0.15, 0.2) is 5.78 Å². The number of carbonyl (C=O) groups is 3. The molecular formula is C29H36N2O5. The molecule has 36 heavy (non-hydrogen) atoms. The summed E-state index contributed by atoms with van der Waals surface area (Å²) in [5.74, 6) is -0.859. The van der Waals surface area contributed by atoms with Crippen molar-refractivity contribution in [2.45, 2.75) is 27.7 Å². The average molecular weight is 493 g/mol. The fourth-order valence-electron chi connectivity index (χ4n) is 3.50. The third-order valence-electron chi connectivity index (χ3n) is 5.64. The first-order valence-electron chi connectivity index (χ1n) is 12.1. The molecule has 0 heterocycles. The number of ketones is 1. The Hall–Kier alpha value is -3.87. The predicted molar refractivity (Wildman–Crippen MR) is 144 cm³/mol. The minimum absolute atomic E-state index is 0.0648. The van der Waals surface area contributed by atoms with Gasteiger partial charge in [-0.2, -0.15) is 0 Å². The van der Waals surface area contributed by atoms with E-state index in [1.807, 2.05) is 62.4 Å². The van der Waals surface area contributed by atoms with E-state index in [0.717, 1.165) is 24.5 Å². The van der Waals surface area contributed by atoms with Crippen LogP contribution in [0.15, 0.2) is 72.8 Å². The van der Waals surface area contributed by atoms with Crippen LogP contribution >= 0.6 is 0 Å². The van der Waals surface area contributed by atoms with Crippen molar-refractivity contribution in [3.05, 3.63) is 84.0 Å². The molecule has 0 unspecified atom stereocenters. The Morgan fingerprint density at radius 1 is 0.667 bits per heavy atom. The van der Waals surface area contributed by atoms with Gasteiger partial charge in [-0.05, 0) is 76.2 Å². The third kappa shape index (κ3) is 8.12. The molecule has 2 aromatic carbocycles. The predicted octanol–water partition coefficient (Wildman–Crippen LogP) is 4.81. The van der Waals surface area contributed by atoms with Crippen LogP contribution in [0.3, 0.4) is 0 Å². The van der Waals surface area contributed by atoms with Crippen molar-refractivity contribution < 1.29 is 23.9 Å². The molecule has 0 amide bonds. The quantitative estimate of drug-likeness (QED) is 0.213. The first kappa shape index (κ1) is 28.4. The lowest BCUT2D eigenvalue weighted by molar-refractivity contribution is -0.139. The maximum Gasteiger partial charge on any atom is 0.333 e. The van der Waals surface area contributed by atoms with E-state index in [9.17, 15) is 14.4 Å². The van der Waals surface area contributed by atoms with Crippen molar-refractivity contribution in [3.63, 3.8) is 0 Å². The number of carbonyl (C=O) groups excluding carboxylic acids is 3. The van der Waals surface area contributed by atoms with Gasteiger partial charge in [0.05, 0.1) is 13.1 Å². The number of hydrogen-bond donors (Lipinski definition) is 0. The fraction of sp³-hybridized carbons (Fsp3) is 0.345. The molecule has 0 atom stereocenters. The van der Waals surface area contributed by atoms with Crippen LogP contribution in [0, 0.1) is 0 Å². The van der Waals surface area contributed by atoms with Gasteiger partial charge < -0.3 is 19.3 Å². The molecule has 0 N–H and O–H groups in total. The molecule has 0 bridgehead atoms. The van der Waals surface area contributed by atoms with Gasteiger partial charge in [-0.15, -0.1) is 0 Å². The smallest absolute Gasteiger partial charge is 0.333 e. The zero-order chi connectivity index (χ0) is 26.7. The highest BCUT2D eigenvalue weighted by atomic mass is 16.5. The first-order valence-corrected chi connectivity index (χ1v) is 12.1. The summed E-state index contributed by atoms with van der Waals surface area (Å²) in [6.45, 7) is 17.5. The van der Waals surface area contributed by atoms with Crippen molar-refractivity contribution in [1.29, 1.82) is 0 Å². The number of anilines is 2. The summed E-state index contributed by atoms with van der Waals surface area (Å²) in [5.41, 5.74) is 3.83. The zero-order valence-electron chi connectivity index (χ0n) is 21.7. The van der Waals surface area contributed by atoms with Gasteiger partial charge >= 0.3 is 11.9 Å². The van der Waals surface area contributed by atoms with E-state index in [-0.39, 0.29) is 19.0 Å². The Kier molecular flexibility index (Phi) is 10.9. The molecule has 0 saturated heterocycles. The van der Waals surface area contributed by atoms with Crippen LogP contribution in [0.4, 0.5) is 11.4 Å². The lowest BCUT2D eigenvalue weighted by atomic mass is 10.0. The molecule has 0 fully saturated rings. The van der Waals surface area contributed by atoms with Crippen molar-refractivity contribution in [1.82, 2.24) is 0 Å². The van der Waals surface area contributed by atoms with Gasteiger partial charge in [0.2, 0.25) is 0 Å². The van der Waals surface area contributed by atoms with Gasteiger partial charge in [0.25, 0.3) is 0 Å². The molecule has 192 valence electrons. The molecule has 7 heteroatoms. The maximum absolute atomic E-state index is 13.0. The van der Waals surface area contributed by atoms with Crippen LogP contribution < -0.4 is 9.80 Å². The normalized spacial score (nSPS) is 10.3. The number of esters is 2. The lowest BCUT2D eigenvalue weighted by Crippen LogP contribution is -2.28. The van der Waals surface area contributed by atoms with Gasteiger partial charge in [-0.1, -0.05) is 13.2 Å². The molecular weight excluding hydrogens is 456 g/mol. The highest BCUT2D eigenvalue weighted by Gasteiger charge is 2.13. The summed E-state index contributed by atoms with van der Waals surface area (Å²) < 4.78 is 10.4. The standard InChI is InChI=1S/C29H36N2O5/c1-7-30(17-19-35-28(33)21(3)4)25-13-9-23(10-14-25)27(32)24-11-15-26(16-12-24)31(8-2)18-20-36-29(34)22(5)6/h9-16H,3,5,7-8,17-20H2,1-2,4,6H3. The summed E-state index contributed by atoms with van der Waals surface area (Å²) in [5, 5.41) is 0. The molecule has 0 spiro atoms. The molecule has 7 nitrogen and oxygen atoms in total. The van der Waals surface area contributed by atoms with E-state index in [1.54, 1.807) is 13.8 Å². The minimum atomic E-state index is -0.397. The Bertz CT molecular complexity index is 988. The molecule has 0 aromatic heterocycles. The van der Waals surface area contributed by atoms with E-state index in [2.05, 4.69) is 23.0 Å². The summed E-state index contributed by atoms with van der Waals surface area (Å²) >= 11 is 0. The number of rotatable bonds is 14. The van der Waals surface area contributed by atoms with Gasteiger partial charge in [-0.25, -0.2) is 9.59 Å². The molecule has 2 rings (SSSR count). The van der Waals surface area contributed by atoms with Crippen molar-refractivity contribution >= 4 is 29.1 Å². The van der Waals surface area contributed by atoms with Crippen LogP contribution in [-0.2, 0) is 19.1 Å². The van der Waals surface area contributed by atoms with Crippen LogP contribution in [0.1, 0.15) is 43.6 Å². The SMILES string of the molecule is C=C(C)C(=O)OCCN(CC)c1ccc(C(=O)c2ccc(N(CC)CCOC(=O)C(=C)C)cc2)cc1. The van der Waals surface area contributed by atoms with Crippen molar-refractivity contribution in [2.75, 3.05) is 49.2 Å². The van der Waals surface area contributed by atoms with E-state index < -0.39 is 11.9 Å². The Balaban J connectivity index is 1.99. The average Bonchev–Trinajstić information content (AvgIpc) is 2.88. The molecule has 0 aliphatic rings. The maximum atomic E-state index is 13.0. The van der Waals surface area contributed by atoms with E-state index in [1.165, 1.54) is 0 Å². The van der Waals surface area contributed by atoms with Gasteiger partial charge in [0.1, 0.15) is 13.2 Å². The second kappa shape index (κ2) is 13.9. The zero-order valence-corrected chi connectivity index (χ0v) is 21.7. The van der Waals surface area contributed by atoms with Gasteiger partial charge in [-0.3, -0.25) is 4.79 Å². The number of benzene rings is 2. The molecule has 2 aromatic rings. The molecule has 0 aliphatic heterocycles. The Morgan fingerprint density at radius 2 is 1.00 bits per heavy atom. The monoisotopic (exact) mass is 492 g/mol. The summed E-state index contributed by atoms with van der Waals surface area (Å²) in [7, 11) is 0. The number of hydrogen-bond acceptors (Lipinski definition) is 7. The Morgan fingerprint density at radius 3 is 1.28 bits per heavy atom. The minimum Gasteiger partial charge on any atom is -0.460 e. The van der Waals surface area contributed by atoms with Crippen LogP contribution in [-0.4, -0.2) is 57.1 Å². The van der Waals surface area contributed by atoms with Crippen LogP contribution in [0.5, 0.6) is 0 Å².